The van der Waals surface area contributed by atoms with Crippen molar-refractivity contribution >= 4 is 22.0 Å². The third-order valence-corrected chi connectivity index (χ3v) is 4.54. The highest BCUT2D eigenvalue weighted by Crippen LogP contribution is 2.29. The van der Waals surface area contributed by atoms with Gasteiger partial charge in [0.1, 0.15) is 11.9 Å². The van der Waals surface area contributed by atoms with Crippen molar-refractivity contribution < 1.29 is 13.9 Å². The van der Waals surface area contributed by atoms with Crippen LogP contribution in [0.25, 0.3) is 0 Å². The molecule has 0 radical (unpaired) electrons. The predicted molar refractivity (Wildman–Crippen MR) is 89.9 cm³/mol. The fourth-order valence-electron chi connectivity index (χ4n) is 2.78. The number of carbonyl (C=O) groups is 1. The molecule has 2 amide bonds. The maximum Gasteiger partial charge on any atom is 0.318 e. The van der Waals surface area contributed by atoms with Crippen LogP contribution in [0.5, 0.6) is 0 Å². The Labute approximate surface area is 143 Å². The van der Waals surface area contributed by atoms with Crippen LogP contribution in [0.2, 0.25) is 0 Å². The van der Waals surface area contributed by atoms with Crippen LogP contribution in [-0.2, 0) is 11.3 Å². The van der Waals surface area contributed by atoms with Gasteiger partial charge in [-0.25, -0.2) is 4.79 Å². The lowest BCUT2D eigenvalue weighted by molar-refractivity contribution is -0.0498. The smallest absolute Gasteiger partial charge is 0.318 e. The minimum Gasteiger partial charge on any atom is -0.467 e. The first-order valence-corrected chi connectivity index (χ1v) is 8.38. The van der Waals surface area contributed by atoms with Crippen molar-refractivity contribution in [2.75, 3.05) is 13.2 Å². The highest BCUT2D eigenvalue weighted by molar-refractivity contribution is 9.10. The molecule has 0 saturated carbocycles. The van der Waals surface area contributed by atoms with E-state index in [0.29, 0.717) is 19.7 Å². The Hall–Kier alpha value is -1.79. The molecule has 0 unspecified atom stereocenters. The van der Waals surface area contributed by atoms with Crippen molar-refractivity contribution in [2.45, 2.75) is 25.6 Å². The van der Waals surface area contributed by atoms with Crippen molar-refractivity contribution in [3.8, 4) is 0 Å². The first-order valence-electron chi connectivity index (χ1n) is 7.59. The lowest BCUT2D eigenvalue weighted by Crippen LogP contribution is -2.52. The fraction of sp³-hybridized carbons (Fsp3) is 0.353. The molecular weight excluding hydrogens is 360 g/mol. The molecule has 1 aliphatic rings. The molecule has 1 fully saturated rings. The summed E-state index contributed by atoms with van der Waals surface area (Å²) in [6.07, 6.45) is 1.48. The molecule has 0 bridgehead atoms. The number of rotatable bonds is 3. The fourth-order valence-corrected chi connectivity index (χ4v) is 3.04. The highest BCUT2D eigenvalue weighted by Gasteiger charge is 2.32. The Bertz CT molecular complexity index is 642. The monoisotopic (exact) mass is 378 g/mol. The maximum atomic E-state index is 12.4. The van der Waals surface area contributed by atoms with Gasteiger partial charge in [0.15, 0.2) is 0 Å². The second-order valence-electron chi connectivity index (χ2n) is 5.52. The van der Waals surface area contributed by atoms with E-state index in [9.17, 15) is 4.79 Å². The summed E-state index contributed by atoms with van der Waals surface area (Å²) in [7, 11) is 0. The summed E-state index contributed by atoms with van der Waals surface area (Å²) >= 11 is 3.43. The highest BCUT2D eigenvalue weighted by atomic mass is 79.9. The topological polar surface area (TPSA) is 54.7 Å². The zero-order chi connectivity index (χ0) is 16.2. The van der Waals surface area contributed by atoms with Crippen LogP contribution in [0.15, 0.2) is 51.6 Å². The lowest BCUT2D eigenvalue weighted by atomic mass is 10.0. The summed E-state index contributed by atoms with van der Waals surface area (Å²) in [5.74, 6) is 0.740. The predicted octanol–water partition coefficient (Wildman–Crippen LogP) is 3.71. The third kappa shape index (κ3) is 3.76. The zero-order valence-electron chi connectivity index (χ0n) is 12.9. The van der Waals surface area contributed by atoms with Crippen molar-refractivity contribution in [3.63, 3.8) is 0 Å². The van der Waals surface area contributed by atoms with E-state index < -0.39 is 0 Å². The van der Waals surface area contributed by atoms with Crippen LogP contribution in [0, 0.1) is 0 Å². The van der Waals surface area contributed by atoms with E-state index in [1.165, 1.54) is 0 Å². The number of halogens is 1. The van der Waals surface area contributed by atoms with Gasteiger partial charge in [-0.2, -0.15) is 0 Å². The van der Waals surface area contributed by atoms with E-state index >= 15 is 0 Å². The summed E-state index contributed by atoms with van der Waals surface area (Å²) < 4.78 is 12.2. The molecule has 1 aromatic heterocycles. The number of benzene rings is 1. The molecule has 5 nitrogen and oxygen atoms in total. The Morgan fingerprint density at radius 1 is 1.35 bits per heavy atom. The second-order valence-corrected chi connectivity index (χ2v) is 6.43. The van der Waals surface area contributed by atoms with Gasteiger partial charge in [0, 0.05) is 11.0 Å². The van der Waals surface area contributed by atoms with Crippen LogP contribution in [0.3, 0.4) is 0 Å². The minimum absolute atomic E-state index is 0.0403. The number of furan rings is 1. The van der Waals surface area contributed by atoms with Gasteiger partial charge in [-0.15, -0.1) is 0 Å². The Kier molecular flexibility index (Phi) is 5.03. The normalized spacial score (nSPS) is 21.2. The first-order chi connectivity index (χ1) is 11.1. The standard InChI is InChI=1S/C17H19BrN2O3/c1-12-16(13-4-6-14(18)7-5-13)23-10-8-20(12)17(21)19-11-15-3-2-9-22-15/h2-7,9,12,16H,8,10-11H2,1H3,(H,19,21)/t12-,16+/m1/s1. The molecule has 1 saturated heterocycles. The Balaban J connectivity index is 1.65. The molecule has 1 aliphatic heterocycles. The quantitative estimate of drug-likeness (QED) is 0.885. The number of hydrogen-bond acceptors (Lipinski definition) is 3. The van der Waals surface area contributed by atoms with Gasteiger partial charge in [0.2, 0.25) is 0 Å². The first kappa shape index (κ1) is 16.1. The van der Waals surface area contributed by atoms with Crippen LogP contribution in [0.4, 0.5) is 4.79 Å². The molecule has 2 aromatic rings. The molecule has 6 heteroatoms. The van der Waals surface area contributed by atoms with E-state index in [4.69, 9.17) is 9.15 Å². The summed E-state index contributed by atoms with van der Waals surface area (Å²) in [6.45, 7) is 3.51. The van der Waals surface area contributed by atoms with E-state index in [1.54, 1.807) is 6.26 Å². The molecule has 0 spiro atoms. The molecule has 1 aromatic carbocycles. The maximum absolute atomic E-state index is 12.4. The van der Waals surface area contributed by atoms with E-state index in [1.807, 2.05) is 48.2 Å². The summed E-state index contributed by atoms with van der Waals surface area (Å²) in [4.78, 5) is 14.3. The molecule has 3 rings (SSSR count). The molecule has 1 N–H and O–H groups in total. The van der Waals surface area contributed by atoms with Crippen LogP contribution < -0.4 is 5.32 Å². The summed E-state index contributed by atoms with van der Waals surface area (Å²) in [6, 6.07) is 11.5. The molecule has 2 atom stereocenters. The third-order valence-electron chi connectivity index (χ3n) is 4.01. The van der Waals surface area contributed by atoms with Gasteiger partial charge >= 0.3 is 6.03 Å². The van der Waals surface area contributed by atoms with Crippen molar-refractivity contribution in [3.05, 3.63) is 58.5 Å². The number of ether oxygens (including phenoxy) is 1. The summed E-state index contributed by atoms with van der Waals surface area (Å²) in [5.41, 5.74) is 1.07. The average Bonchev–Trinajstić information content (AvgIpc) is 3.07. The van der Waals surface area contributed by atoms with Crippen LogP contribution >= 0.6 is 15.9 Å². The Morgan fingerprint density at radius 2 is 2.13 bits per heavy atom. The number of carbonyl (C=O) groups excluding carboxylic acids is 1. The number of hydrogen-bond donors (Lipinski definition) is 1. The van der Waals surface area contributed by atoms with Gasteiger partial charge < -0.3 is 19.4 Å². The number of amides is 2. The molecule has 122 valence electrons. The lowest BCUT2D eigenvalue weighted by Gasteiger charge is -2.39. The Morgan fingerprint density at radius 3 is 2.83 bits per heavy atom. The molecule has 0 aliphatic carbocycles. The van der Waals surface area contributed by atoms with Gasteiger partial charge in [-0.3, -0.25) is 0 Å². The van der Waals surface area contributed by atoms with Crippen molar-refractivity contribution in [1.82, 2.24) is 10.2 Å². The van der Waals surface area contributed by atoms with Gasteiger partial charge in [0.05, 0.1) is 25.5 Å². The van der Waals surface area contributed by atoms with Crippen molar-refractivity contribution in [2.24, 2.45) is 0 Å². The summed E-state index contributed by atoms with van der Waals surface area (Å²) in [5, 5.41) is 2.90. The van der Waals surface area contributed by atoms with E-state index in [0.717, 1.165) is 15.8 Å². The number of nitrogens with zero attached hydrogens (tertiary/aromatic N) is 1. The number of nitrogens with one attached hydrogen (secondary N) is 1. The van der Waals surface area contributed by atoms with Gasteiger partial charge in [-0.05, 0) is 36.8 Å². The van der Waals surface area contributed by atoms with Crippen molar-refractivity contribution in [1.29, 1.82) is 0 Å². The minimum atomic E-state index is -0.119. The molecule has 23 heavy (non-hydrogen) atoms. The van der Waals surface area contributed by atoms with Crippen LogP contribution in [0.1, 0.15) is 24.4 Å². The van der Waals surface area contributed by atoms with Crippen LogP contribution in [-0.4, -0.2) is 30.1 Å². The molecule has 2 heterocycles. The SMILES string of the molecule is C[C@@H]1[C@@H](c2ccc(Br)cc2)OCCN1C(=O)NCc1ccco1. The zero-order valence-corrected chi connectivity index (χ0v) is 14.5. The van der Waals surface area contributed by atoms with Gasteiger partial charge in [-0.1, -0.05) is 28.1 Å². The molecular formula is C17H19BrN2O3. The largest absolute Gasteiger partial charge is 0.467 e. The number of morpholine rings is 1. The average molecular weight is 379 g/mol. The van der Waals surface area contributed by atoms with Gasteiger partial charge in [0.25, 0.3) is 0 Å². The second kappa shape index (κ2) is 7.19. The number of urea groups is 1. The van der Waals surface area contributed by atoms with E-state index in [-0.39, 0.29) is 18.2 Å². The van der Waals surface area contributed by atoms with E-state index in [2.05, 4.69) is 21.2 Å².